The Morgan fingerprint density at radius 2 is 0.673 bits per heavy atom. The summed E-state index contributed by atoms with van der Waals surface area (Å²) in [6.45, 7) is 24.2. The van der Waals surface area contributed by atoms with E-state index < -0.39 is 23.5 Å². The number of ether oxygens (including phenoxy) is 3. The number of aliphatic hydroxyl groups is 1. The molecule has 0 aliphatic rings. The molecule has 0 saturated carbocycles. The van der Waals surface area contributed by atoms with Crippen molar-refractivity contribution in [2.24, 2.45) is 0 Å². The van der Waals surface area contributed by atoms with Gasteiger partial charge in [0.2, 0.25) is 23.4 Å². The van der Waals surface area contributed by atoms with Crippen LogP contribution in [-0.4, -0.2) is 100 Å². The van der Waals surface area contributed by atoms with E-state index in [1.165, 1.54) is 0 Å². The Bertz CT molecular complexity index is 4580. The first-order valence-electron chi connectivity index (χ1n) is 32.2. The molecule has 0 spiro atoms. The zero-order valence-corrected chi connectivity index (χ0v) is 66.0. The number of hydrogen-bond acceptors (Lipinski definition) is 17. The monoisotopic (exact) mass is 1590 g/mol. The number of aromatic carboxylic acids is 2. The minimum Gasteiger partial charge on any atom is -0.475 e. The maximum absolute atomic E-state index is 12.1. The number of carbonyl (C=O) groups is 3. The fourth-order valence-corrected chi connectivity index (χ4v) is 11.6. The van der Waals surface area contributed by atoms with Gasteiger partial charge in [0.15, 0.2) is 11.6 Å². The van der Waals surface area contributed by atoms with E-state index in [0.29, 0.717) is 109 Å². The van der Waals surface area contributed by atoms with E-state index in [1.54, 1.807) is 47.6 Å². The highest BCUT2D eigenvalue weighted by Crippen LogP contribution is 2.31. The molecule has 0 atom stereocenters. The minimum absolute atomic E-state index is 0.0367. The summed E-state index contributed by atoms with van der Waals surface area (Å²) in [6, 6.07) is 37.6. The van der Waals surface area contributed by atoms with Crippen LogP contribution in [0.25, 0.3) is 0 Å². The summed E-state index contributed by atoms with van der Waals surface area (Å²) in [5.41, 5.74) is 11.1. The van der Waals surface area contributed by atoms with E-state index in [2.05, 4.69) is 49.8 Å². The van der Waals surface area contributed by atoms with Crippen molar-refractivity contribution in [1.29, 1.82) is 0 Å². The molecule has 0 unspecified atom stereocenters. The van der Waals surface area contributed by atoms with Gasteiger partial charge >= 0.3 is 17.9 Å². The molecular formula is C76H77Cl9N10O9. The SMILES string of the molecule is Cc1nc(C(=O)O)nc(Cl)c1Cc1ccccc1Cl.Cc1nc(C(=O)O)nc(OC(C)C)c1Cc1ccccc1Cl.Cc1nc(C(=O)OC(C)(C)C)nc(Cl)c1Cc1ccccc1Cl.Cc1nc(CO)nc(Cl)c1Cc1ccccc1Cl.Cc1nc(COC(C)(C)C)nc(Cl)c1Cc1ccccc1Cl. The topological polar surface area (TPSA) is 268 Å². The van der Waals surface area contributed by atoms with Crippen LogP contribution in [0.2, 0.25) is 45.7 Å². The second-order valence-corrected chi connectivity index (χ2v) is 28.9. The molecule has 28 heteroatoms. The smallest absolute Gasteiger partial charge is 0.376 e. The van der Waals surface area contributed by atoms with E-state index in [4.69, 9.17) is 134 Å². The van der Waals surface area contributed by atoms with Crippen LogP contribution in [-0.2, 0) is 54.8 Å². The molecule has 548 valence electrons. The number of aryl methyl sites for hydroxylation is 5. The highest BCUT2D eigenvalue weighted by atomic mass is 35.5. The summed E-state index contributed by atoms with van der Waals surface area (Å²) in [6.07, 6.45) is 2.51. The molecule has 10 rings (SSSR count). The molecule has 0 saturated heterocycles. The second kappa shape index (κ2) is 39.6. The van der Waals surface area contributed by atoms with Crippen LogP contribution >= 0.6 is 104 Å². The third kappa shape index (κ3) is 26.4. The number of carbonyl (C=O) groups excluding carboxylic acids is 1. The van der Waals surface area contributed by atoms with Gasteiger partial charge in [0, 0.05) is 114 Å². The predicted octanol–water partition coefficient (Wildman–Crippen LogP) is 19.7. The molecule has 3 N–H and O–H groups in total. The first kappa shape index (κ1) is 85.2. The third-order valence-corrected chi connectivity index (χ3v) is 17.7. The molecule has 19 nitrogen and oxygen atoms in total. The van der Waals surface area contributed by atoms with Crippen LogP contribution in [0.4, 0.5) is 0 Å². The third-order valence-electron chi connectivity index (χ3n) is 14.6. The second-order valence-electron chi connectivity index (χ2n) is 25.4. The molecule has 104 heavy (non-hydrogen) atoms. The van der Waals surface area contributed by atoms with Gasteiger partial charge in [-0.3, -0.25) is 0 Å². The lowest BCUT2D eigenvalue weighted by atomic mass is 10.0. The van der Waals surface area contributed by atoms with Crippen molar-refractivity contribution in [3.8, 4) is 5.88 Å². The van der Waals surface area contributed by atoms with Gasteiger partial charge in [0.1, 0.15) is 39.4 Å². The van der Waals surface area contributed by atoms with Gasteiger partial charge < -0.3 is 29.5 Å². The summed E-state index contributed by atoms with van der Waals surface area (Å²) in [4.78, 5) is 75.1. The minimum atomic E-state index is -1.20. The van der Waals surface area contributed by atoms with E-state index in [0.717, 1.165) is 66.5 Å². The molecule has 0 aliphatic heterocycles. The van der Waals surface area contributed by atoms with Crippen molar-refractivity contribution in [2.75, 3.05) is 0 Å². The number of aliphatic hydroxyl groups excluding tert-OH is 1. The first-order valence-corrected chi connectivity index (χ1v) is 35.6. The zero-order valence-electron chi connectivity index (χ0n) is 59.2. The number of aromatic nitrogens is 10. The van der Waals surface area contributed by atoms with Crippen molar-refractivity contribution in [2.45, 2.75) is 153 Å². The Kier molecular flexibility index (Phi) is 32.4. The molecule has 5 aromatic carbocycles. The normalized spacial score (nSPS) is 11.0. The van der Waals surface area contributed by atoms with Crippen molar-refractivity contribution in [1.82, 2.24) is 49.8 Å². The number of esters is 1. The molecule has 0 amide bonds. The van der Waals surface area contributed by atoms with Gasteiger partial charge in [0.25, 0.3) is 0 Å². The molecule has 0 bridgehead atoms. The van der Waals surface area contributed by atoms with Crippen LogP contribution in [0.1, 0.15) is 183 Å². The van der Waals surface area contributed by atoms with Gasteiger partial charge in [-0.15, -0.1) is 0 Å². The Balaban J connectivity index is 0.000000205. The largest absolute Gasteiger partial charge is 0.475 e. The van der Waals surface area contributed by atoms with E-state index >= 15 is 0 Å². The molecule has 5 heterocycles. The highest BCUT2D eigenvalue weighted by molar-refractivity contribution is 6.34. The molecular weight excluding hydrogens is 1520 g/mol. The van der Waals surface area contributed by atoms with Crippen LogP contribution in [0, 0.1) is 34.6 Å². The Hall–Kier alpha value is -7.76. The lowest BCUT2D eigenvalue weighted by Gasteiger charge is -2.19. The van der Waals surface area contributed by atoms with Gasteiger partial charge in [-0.25, -0.2) is 59.2 Å². The van der Waals surface area contributed by atoms with Gasteiger partial charge in [0.05, 0.1) is 11.7 Å². The van der Waals surface area contributed by atoms with Crippen molar-refractivity contribution in [3.05, 3.63) is 280 Å². The Labute approximate surface area is 650 Å². The summed E-state index contributed by atoms with van der Waals surface area (Å²) < 4.78 is 16.6. The van der Waals surface area contributed by atoms with E-state index in [1.807, 2.05) is 164 Å². The Morgan fingerprint density at radius 1 is 0.385 bits per heavy atom. The van der Waals surface area contributed by atoms with E-state index in [-0.39, 0.29) is 46.1 Å². The standard InChI is InChI=1S/C17H18Cl2N2O2.C17H20Cl2N2O.C16H17ClN2O3.C13H10Cl2N2O2.C13H12Cl2N2O/c1-10-12(9-11-7-5-6-8-13(11)18)14(19)21-15(20-10)16(22)23-17(2,3)4;1-11-13(9-12-7-5-6-8-14(12)18)16(19)21-15(20-11)10-22-17(2,3)4;1-9(2)22-15-12(8-11-6-4-5-7-13(11)17)10(3)18-14(19-15)16(20)21;1-7-9(6-8-4-2-3-5-10(8)14)11(15)17-12(16-7)13(18)19;1-8-10(13(15)17-12(7-18)16-8)6-9-4-2-3-5-11(9)14/h5-8H,9H2,1-4H3;5-8H,9-10H2,1-4H3;4-7,9H,8H2,1-3H3,(H,20,21);2-5H,6H2,1H3,(H,18,19);2-5,18H,6-7H2,1H3. The molecule has 0 radical (unpaired) electrons. The van der Waals surface area contributed by atoms with Crippen LogP contribution < -0.4 is 4.74 Å². The van der Waals surface area contributed by atoms with Crippen molar-refractivity contribution < 1.29 is 43.9 Å². The summed E-state index contributed by atoms with van der Waals surface area (Å²) in [5, 5.41) is 31.5. The molecule has 0 fully saturated rings. The lowest BCUT2D eigenvalue weighted by Crippen LogP contribution is -2.25. The first-order chi connectivity index (χ1) is 48.9. The molecule has 5 aromatic heterocycles. The predicted molar refractivity (Wildman–Crippen MR) is 410 cm³/mol. The fourth-order valence-electron chi connectivity index (χ4n) is 9.44. The quantitative estimate of drug-likeness (QED) is 0.0532. The van der Waals surface area contributed by atoms with Gasteiger partial charge in [-0.1, -0.05) is 195 Å². The highest BCUT2D eigenvalue weighted by Gasteiger charge is 2.25. The van der Waals surface area contributed by atoms with Crippen LogP contribution in [0.5, 0.6) is 5.88 Å². The van der Waals surface area contributed by atoms with Gasteiger partial charge in [-0.2, -0.15) is 4.98 Å². The number of nitrogens with zero attached hydrogens (tertiary/aromatic N) is 10. The summed E-state index contributed by atoms with van der Waals surface area (Å²) in [7, 11) is 0. The Morgan fingerprint density at radius 3 is 0.981 bits per heavy atom. The van der Waals surface area contributed by atoms with Crippen molar-refractivity contribution in [3.63, 3.8) is 0 Å². The van der Waals surface area contributed by atoms with Crippen LogP contribution in [0.15, 0.2) is 121 Å². The summed E-state index contributed by atoms with van der Waals surface area (Å²) >= 11 is 55.5. The fraction of sp³-hybridized carbons (Fsp3) is 0.303. The maximum Gasteiger partial charge on any atom is 0.376 e. The van der Waals surface area contributed by atoms with Crippen LogP contribution in [0.3, 0.4) is 0 Å². The number of benzene rings is 5. The number of rotatable bonds is 18. The van der Waals surface area contributed by atoms with Gasteiger partial charge in [-0.05, 0) is 148 Å². The molecule has 0 aliphatic carbocycles. The average Bonchev–Trinajstić information content (AvgIpc) is 0.835. The molecule has 10 aromatic rings. The number of carboxylic acid groups (broad SMARTS) is 2. The average molecular weight is 1590 g/mol. The maximum atomic E-state index is 12.1. The summed E-state index contributed by atoms with van der Waals surface area (Å²) in [5.74, 6) is -2.35. The lowest BCUT2D eigenvalue weighted by molar-refractivity contribution is -0.0182. The van der Waals surface area contributed by atoms with E-state index in [9.17, 15) is 14.4 Å². The number of carboxylic acids is 2. The number of halogens is 9. The zero-order chi connectivity index (χ0) is 76.9. The van der Waals surface area contributed by atoms with Crippen molar-refractivity contribution >= 4 is 122 Å². The number of hydrogen-bond donors (Lipinski definition) is 3.